The molecule has 2 amide bonds. The Bertz CT molecular complexity index is 1000. The number of hydrogen-bond donors (Lipinski definition) is 0. The van der Waals surface area contributed by atoms with E-state index in [-0.39, 0.29) is 28.7 Å². The third-order valence-corrected chi connectivity index (χ3v) is 9.47. The summed E-state index contributed by atoms with van der Waals surface area (Å²) in [6, 6.07) is 3.79. The zero-order chi connectivity index (χ0) is 23.0. The molecule has 0 radical (unpaired) electrons. The molecule has 32 heavy (non-hydrogen) atoms. The van der Waals surface area contributed by atoms with Gasteiger partial charge in [0, 0.05) is 49.0 Å². The van der Waals surface area contributed by atoms with E-state index >= 15 is 0 Å². The number of sulfonamides is 1. The van der Waals surface area contributed by atoms with Crippen LogP contribution in [0.1, 0.15) is 57.9 Å². The normalized spacial score (nSPS) is 22.8. The van der Waals surface area contributed by atoms with Gasteiger partial charge in [-0.2, -0.15) is 4.31 Å². The van der Waals surface area contributed by atoms with E-state index in [4.69, 9.17) is 0 Å². The van der Waals surface area contributed by atoms with Gasteiger partial charge >= 0.3 is 0 Å². The SMILES string of the molecule is CCC(=O)N1CCc2cc(Br)cc(S(=O)(=O)N3CCC(C(=O)N4CCCCC4C)CC3)c21. The Kier molecular flexibility index (Phi) is 6.98. The number of anilines is 1. The third kappa shape index (κ3) is 4.35. The summed E-state index contributed by atoms with van der Waals surface area (Å²) >= 11 is 3.45. The van der Waals surface area contributed by atoms with E-state index in [1.165, 1.54) is 4.31 Å². The number of halogens is 1. The second kappa shape index (κ2) is 9.43. The Labute approximate surface area is 199 Å². The van der Waals surface area contributed by atoms with E-state index in [1.54, 1.807) is 17.9 Å². The van der Waals surface area contributed by atoms with Crippen molar-refractivity contribution in [2.75, 3.05) is 31.1 Å². The fourth-order valence-electron chi connectivity index (χ4n) is 5.25. The summed E-state index contributed by atoms with van der Waals surface area (Å²) in [4.78, 5) is 29.3. The predicted octanol–water partition coefficient (Wildman–Crippen LogP) is 3.55. The van der Waals surface area contributed by atoms with Crippen LogP contribution >= 0.6 is 15.9 Å². The molecular weight excluding hydrogens is 494 g/mol. The minimum atomic E-state index is -3.78. The summed E-state index contributed by atoms with van der Waals surface area (Å²) in [5.74, 6) is -0.00631. The molecule has 9 heteroatoms. The first kappa shape index (κ1) is 23.7. The first-order valence-electron chi connectivity index (χ1n) is 11.7. The molecule has 4 rings (SSSR count). The second-order valence-electron chi connectivity index (χ2n) is 9.12. The summed E-state index contributed by atoms with van der Waals surface area (Å²) in [6.07, 6.45) is 5.30. The first-order chi connectivity index (χ1) is 15.2. The lowest BCUT2D eigenvalue weighted by molar-refractivity contribution is -0.140. The smallest absolute Gasteiger partial charge is 0.245 e. The fourth-order valence-corrected chi connectivity index (χ4v) is 7.64. The summed E-state index contributed by atoms with van der Waals surface area (Å²) in [5.41, 5.74) is 1.41. The van der Waals surface area contributed by atoms with Gasteiger partial charge in [-0.25, -0.2) is 8.42 Å². The Balaban J connectivity index is 1.54. The van der Waals surface area contributed by atoms with E-state index in [9.17, 15) is 18.0 Å². The molecule has 3 aliphatic heterocycles. The van der Waals surface area contributed by atoms with Gasteiger partial charge in [-0.3, -0.25) is 9.59 Å². The molecule has 176 valence electrons. The number of fused-ring (bicyclic) bond motifs is 1. The second-order valence-corrected chi connectivity index (χ2v) is 11.9. The van der Waals surface area contributed by atoms with Crippen LogP contribution in [0.15, 0.2) is 21.5 Å². The van der Waals surface area contributed by atoms with Crippen molar-refractivity contribution in [1.29, 1.82) is 0 Å². The zero-order valence-corrected chi connectivity index (χ0v) is 21.3. The van der Waals surface area contributed by atoms with Gasteiger partial charge in [0.1, 0.15) is 4.90 Å². The molecule has 0 aromatic heterocycles. The highest BCUT2D eigenvalue weighted by molar-refractivity contribution is 9.10. The topological polar surface area (TPSA) is 78.0 Å². The summed E-state index contributed by atoms with van der Waals surface area (Å²) in [6.45, 7) is 5.86. The molecule has 0 saturated carbocycles. The lowest BCUT2D eigenvalue weighted by atomic mass is 9.94. The number of nitrogens with zero attached hydrogens (tertiary/aromatic N) is 3. The van der Waals surface area contributed by atoms with Crippen molar-refractivity contribution in [1.82, 2.24) is 9.21 Å². The van der Waals surface area contributed by atoms with Crippen molar-refractivity contribution in [3.8, 4) is 0 Å². The van der Waals surface area contributed by atoms with Crippen LogP contribution in [0.4, 0.5) is 5.69 Å². The maximum absolute atomic E-state index is 13.7. The number of piperidine rings is 2. The van der Waals surface area contributed by atoms with Crippen molar-refractivity contribution in [3.63, 3.8) is 0 Å². The zero-order valence-electron chi connectivity index (χ0n) is 18.8. The van der Waals surface area contributed by atoms with Crippen LogP contribution in [-0.4, -0.2) is 61.7 Å². The van der Waals surface area contributed by atoms with Crippen LogP contribution in [0.5, 0.6) is 0 Å². The molecule has 0 spiro atoms. The molecule has 7 nitrogen and oxygen atoms in total. The number of carbonyl (C=O) groups excluding carboxylic acids is 2. The molecule has 1 atom stereocenters. The number of rotatable bonds is 4. The number of carbonyl (C=O) groups is 2. The summed E-state index contributed by atoms with van der Waals surface area (Å²) < 4.78 is 29.5. The van der Waals surface area contributed by atoms with Crippen LogP contribution < -0.4 is 4.90 Å². The van der Waals surface area contributed by atoms with Gasteiger partial charge in [-0.1, -0.05) is 22.9 Å². The molecule has 3 aliphatic rings. The number of benzene rings is 1. The van der Waals surface area contributed by atoms with Crippen LogP contribution in [0.25, 0.3) is 0 Å². The predicted molar refractivity (Wildman–Crippen MR) is 127 cm³/mol. The van der Waals surface area contributed by atoms with Crippen LogP contribution in [-0.2, 0) is 26.0 Å². The summed E-state index contributed by atoms with van der Waals surface area (Å²) in [5, 5.41) is 0. The van der Waals surface area contributed by atoms with Crippen LogP contribution in [0.3, 0.4) is 0 Å². The Morgan fingerprint density at radius 2 is 1.78 bits per heavy atom. The molecule has 1 aromatic carbocycles. The van der Waals surface area contributed by atoms with Gasteiger partial charge in [0.2, 0.25) is 21.8 Å². The fraction of sp³-hybridized carbons (Fsp3) is 0.652. The average molecular weight is 526 g/mol. The molecule has 1 unspecified atom stereocenters. The van der Waals surface area contributed by atoms with E-state index < -0.39 is 10.0 Å². The molecular formula is C23H32BrN3O4S. The molecule has 2 fully saturated rings. The van der Waals surface area contributed by atoms with Crippen LogP contribution in [0, 0.1) is 5.92 Å². The monoisotopic (exact) mass is 525 g/mol. The number of amides is 2. The van der Waals surface area contributed by atoms with E-state index in [0.29, 0.717) is 55.5 Å². The molecule has 0 aliphatic carbocycles. The average Bonchev–Trinajstić information content (AvgIpc) is 3.21. The molecule has 2 saturated heterocycles. The van der Waals surface area contributed by atoms with E-state index in [2.05, 4.69) is 22.9 Å². The van der Waals surface area contributed by atoms with Gasteiger partial charge in [0.15, 0.2) is 0 Å². The minimum Gasteiger partial charge on any atom is -0.340 e. The highest BCUT2D eigenvalue weighted by Gasteiger charge is 2.39. The van der Waals surface area contributed by atoms with Gasteiger partial charge in [-0.15, -0.1) is 0 Å². The summed E-state index contributed by atoms with van der Waals surface area (Å²) in [7, 11) is -3.78. The first-order valence-corrected chi connectivity index (χ1v) is 13.9. The largest absolute Gasteiger partial charge is 0.340 e. The van der Waals surface area contributed by atoms with Gasteiger partial charge in [-0.05, 0) is 63.1 Å². The third-order valence-electron chi connectivity index (χ3n) is 7.10. The van der Waals surface area contributed by atoms with Crippen molar-refractivity contribution in [3.05, 3.63) is 22.2 Å². The lowest BCUT2D eigenvalue weighted by Crippen LogP contribution is -2.48. The highest BCUT2D eigenvalue weighted by Crippen LogP contribution is 2.40. The number of likely N-dealkylation sites (tertiary alicyclic amines) is 1. The maximum Gasteiger partial charge on any atom is 0.245 e. The maximum atomic E-state index is 13.7. The number of hydrogen-bond acceptors (Lipinski definition) is 4. The highest BCUT2D eigenvalue weighted by atomic mass is 79.9. The molecule has 1 aromatic rings. The van der Waals surface area contributed by atoms with Gasteiger partial charge in [0.05, 0.1) is 5.69 Å². The quantitative estimate of drug-likeness (QED) is 0.602. The van der Waals surface area contributed by atoms with Crippen molar-refractivity contribution >= 4 is 43.5 Å². The Hall–Kier alpha value is -1.45. The molecule has 0 bridgehead atoms. The van der Waals surface area contributed by atoms with Crippen molar-refractivity contribution < 1.29 is 18.0 Å². The standard InChI is InChI=1S/C23H32BrN3O4S/c1-3-21(28)27-13-9-18-14-19(24)15-20(22(18)27)32(30,31)25-11-7-17(8-12-25)23(29)26-10-5-4-6-16(26)2/h14-17H,3-13H2,1-2H3. The van der Waals surface area contributed by atoms with Crippen molar-refractivity contribution in [2.24, 2.45) is 5.92 Å². The molecule has 0 N–H and O–H groups in total. The van der Waals surface area contributed by atoms with Crippen LogP contribution in [0.2, 0.25) is 0 Å². The Morgan fingerprint density at radius 1 is 1.06 bits per heavy atom. The van der Waals surface area contributed by atoms with E-state index in [0.717, 1.165) is 31.4 Å². The van der Waals surface area contributed by atoms with E-state index in [1.807, 2.05) is 11.0 Å². The lowest BCUT2D eigenvalue weighted by Gasteiger charge is -2.38. The van der Waals surface area contributed by atoms with Gasteiger partial charge in [0.25, 0.3) is 0 Å². The Morgan fingerprint density at radius 3 is 2.44 bits per heavy atom. The molecule has 3 heterocycles. The minimum absolute atomic E-state index is 0.0671. The van der Waals surface area contributed by atoms with Gasteiger partial charge < -0.3 is 9.80 Å². The van der Waals surface area contributed by atoms with Crippen molar-refractivity contribution in [2.45, 2.75) is 69.7 Å².